The minimum absolute atomic E-state index is 0.0944. The number of nitrogens with zero attached hydrogens (tertiary/aromatic N) is 2. The number of aromatic nitrogens is 2. The monoisotopic (exact) mass is 548 g/mol. The van der Waals surface area contributed by atoms with E-state index in [2.05, 4.69) is 23.8 Å². The van der Waals surface area contributed by atoms with Crippen LogP contribution < -0.4 is 5.63 Å². The Balaban J connectivity index is 1.14. The molecule has 40 heavy (non-hydrogen) atoms. The first-order valence-electron chi connectivity index (χ1n) is 14.6. The van der Waals surface area contributed by atoms with E-state index in [1.54, 1.807) is 6.26 Å². The van der Waals surface area contributed by atoms with E-state index in [1.807, 2.05) is 6.07 Å². The summed E-state index contributed by atoms with van der Waals surface area (Å²) < 4.78 is 23.9. The first kappa shape index (κ1) is 25.9. The van der Waals surface area contributed by atoms with E-state index in [-0.39, 0.29) is 52.1 Å². The van der Waals surface area contributed by atoms with Crippen molar-refractivity contribution in [3.63, 3.8) is 0 Å². The molecule has 4 saturated carbocycles. The molecule has 7 rings (SSSR count). The van der Waals surface area contributed by atoms with E-state index < -0.39 is 6.10 Å². The summed E-state index contributed by atoms with van der Waals surface area (Å²) in [5.74, 6) is 0.543. The molecule has 9 nitrogen and oxygen atoms in total. The summed E-state index contributed by atoms with van der Waals surface area (Å²) >= 11 is 0. The lowest BCUT2D eigenvalue weighted by Gasteiger charge is -2.61. The SMILES string of the molecule is CC(=O)O[C@H]1[C@H]2O[C@]23[C@@H]2CC[C@@H]4C[C@@H](OC(=O)c5cncnc5)CC[C@]4(C)[C@H]2CC[C@]3(C)[C@H]1c1ccc(=O)oc1. The van der Waals surface area contributed by atoms with Crippen LogP contribution >= 0.6 is 0 Å². The Hall–Kier alpha value is -3.07. The highest BCUT2D eigenvalue weighted by Crippen LogP contribution is 2.78. The Morgan fingerprint density at radius 1 is 1.00 bits per heavy atom. The Kier molecular flexibility index (Phi) is 5.80. The van der Waals surface area contributed by atoms with Crippen molar-refractivity contribution in [3.05, 3.63) is 58.7 Å². The zero-order valence-electron chi connectivity index (χ0n) is 23.2. The lowest BCUT2D eigenvalue weighted by atomic mass is 9.44. The van der Waals surface area contributed by atoms with Crippen LogP contribution in [-0.2, 0) is 19.0 Å². The van der Waals surface area contributed by atoms with Crippen LogP contribution in [0.1, 0.15) is 87.6 Å². The number of ether oxygens (including phenoxy) is 3. The maximum absolute atomic E-state index is 12.7. The van der Waals surface area contributed by atoms with Gasteiger partial charge in [-0.2, -0.15) is 0 Å². The summed E-state index contributed by atoms with van der Waals surface area (Å²) in [6.45, 7) is 6.18. The van der Waals surface area contributed by atoms with E-state index in [0.717, 1.165) is 50.5 Å². The molecule has 5 fully saturated rings. The summed E-state index contributed by atoms with van der Waals surface area (Å²) in [7, 11) is 0. The van der Waals surface area contributed by atoms with Gasteiger partial charge in [0.2, 0.25) is 0 Å². The van der Waals surface area contributed by atoms with Crippen LogP contribution in [0.15, 0.2) is 46.3 Å². The van der Waals surface area contributed by atoms with E-state index in [4.69, 9.17) is 18.6 Å². The van der Waals surface area contributed by atoms with Crippen molar-refractivity contribution < 1.29 is 28.2 Å². The number of hydrogen-bond acceptors (Lipinski definition) is 9. The van der Waals surface area contributed by atoms with Crippen molar-refractivity contribution >= 4 is 11.9 Å². The van der Waals surface area contributed by atoms with Gasteiger partial charge in [-0.15, -0.1) is 0 Å². The molecule has 1 aliphatic heterocycles. The number of carbonyl (C=O) groups is 2. The van der Waals surface area contributed by atoms with Gasteiger partial charge in [0.15, 0.2) is 0 Å². The van der Waals surface area contributed by atoms with Crippen LogP contribution in [0.2, 0.25) is 0 Å². The maximum Gasteiger partial charge on any atom is 0.341 e. The highest BCUT2D eigenvalue weighted by atomic mass is 16.7. The lowest BCUT2D eigenvalue weighted by Crippen LogP contribution is -2.58. The number of esters is 2. The highest BCUT2D eigenvalue weighted by molar-refractivity contribution is 5.88. The molecule has 0 unspecified atom stereocenters. The van der Waals surface area contributed by atoms with E-state index in [9.17, 15) is 14.4 Å². The topological polar surface area (TPSA) is 121 Å². The van der Waals surface area contributed by atoms with Crippen molar-refractivity contribution in [2.24, 2.45) is 28.6 Å². The molecule has 2 aromatic rings. The molecule has 0 amide bonds. The van der Waals surface area contributed by atoms with Crippen LogP contribution in [0.3, 0.4) is 0 Å². The van der Waals surface area contributed by atoms with E-state index in [0.29, 0.717) is 23.3 Å². The van der Waals surface area contributed by atoms with Crippen LogP contribution in [0.5, 0.6) is 0 Å². The maximum atomic E-state index is 12.7. The molecule has 1 saturated heterocycles. The molecule has 0 radical (unpaired) electrons. The third kappa shape index (κ3) is 3.58. The molecule has 3 heterocycles. The van der Waals surface area contributed by atoms with Gasteiger partial charge >= 0.3 is 17.6 Å². The van der Waals surface area contributed by atoms with Crippen LogP contribution in [-0.4, -0.2) is 45.8 Å². The molecule has 212 valence electrons. The normalized spacial score (nSPS) is 42.9. The second kappa shape index (κ2) is 8.96. The molecule has 10 atom stereocenters. The number of epoxide rings is 1. The predicted molar refractivity (Wildman–Crippen MR) is 141 cm³/mol. The fourth-order valence-corrected chi connectivity index (χ4v) is 9.81. The summed E-state index contributed by atoms with van der Waals surface area (Å²) in [5, 5.41) is 0. The minimum atomic E-state index is -0.406. The van der Waals surface area contributed by atoms with Gasteiger partial charge in [0.05, 0.1) is 11.8 Å². The minimum Gasteiger partial charge on any atom is -0.459 e. The third-order valence-electron chi connectivity index (χ3n) is 11.5. The Morgan fingerprint density at radius 2 is 1.80 bits per heavy atom. The van der Waals surface area contributed by atoms with Crippen molar-refractivity contribution in [2.45, 2.75) is 95.5 Å². The average molecular weight is 549 g/mol. The Labute approximate surface area is 233 Å². The van der Waals surface area contributed by atoms with Crippen molar-refractivity contribution in [1.29, 1.82) is 0 Å². The van der Waals surface area contributed by atoms with Gasteiger partial charge in [-0.3, -0.25) is 4.79 Å². The van der Waals surface area contributed by atoms with Gasteiger partial charge in [0.25, 0.3) is 0 Å². The summed E-state index contributed by atoms with van der Waals surface area (Å²) in [6.07, 6.45) is 12.1. The summed E-state index contributed by atoms with van der Waals surface area (Å²) in [4.78, 5) is 44.5. The molecule has 4 aliphatic carbocycles. The van der Waals surface area contributed by atoms with E-state index >= 15 is 0 Å². The average Bonchev–Trinajstić information content (AvgIpc) is 3.64. The van der Waals surface area contributed by atoms with Crippen LogP contribution in [0.25, 0.3) is 0 Å². The highest BCUT2D eigenvalue weighted by Gasteiger charge is 2.84. The molecule has 0 aromatic carbocycles. The number of fused-ring (bicyclic) bond motifs is 3. The molecule has 5 aliphatic rings. The Morgan fingerprint density at radius 3 is 2.52 bits per heavy atom. The number of rotatable bonds is 4. The van der Waals surface area contributed by atoms with Crippen LogP contribution in [0.4, 0.5) is 0 Å². The van der Waals surface area contributed by atoms with Crippen molar-refractivity contribution in [3.8, 4) is 0 Å². The van der Waals surface area contributed by atoms with Crippen molar-refractivity contribution in [1.82, 2.24) is 9.97 Å². The first-order valence-corrected chi connectivity index (χ1v) is 14.6. The van der Waals surface area contributed by atoms with Gasteiger partial charge in [-0.1, -0.05) is 13.8 Å². The largest absolute Gasteiger partial charge is 0.459 e. The van der Waals surface area contributed by atoms with Gasteiger partial charge in [-0.05, 0) is 79.7 Å². The standard InChI is InChI=1S/C31H36N2O7/c1-17(34)38-26-25(18-4-7-24(35)37-15-18)30(3)11-9-22-23(31(30)27(26)40-31)6-5-20-12-21(8-10-29(20,22)2)39-28(36)19-13-32-16-33-14-19/h4,7,13-16,20-23,25-27H,5-6,8-12H2,1-3H3/t20-,21+,22+,23-,25+,26-,27-,29+,30-,31-/m1/s1. The summed E-state index contributed by atoms with van der Waals surface area (Å²) in [6, 6.07) is 3.28. The zero-order valence-corrected chi connectivity index (χ0v) is 23.2. The van der Waals surface area contributed by atoms with Crippen molar-refractivity contribution in [2.75, 3.05) is 0 Å². The third-order valence-corrected chi connectivity index (χ3v) is 11.5. The van der Waals surface area contributed by atoms with Gasteiger partial charge in [-0.25, -0.2) is 19.6 Å². The predicted octanol–water partition coefficient (Wildman–Crippen LogP) is 4.45. The second-order valence-corrected chi connectivity index (χ2v) is 13.1. The first-order chi connectivity index (χ1) is 19.2. The molecule has 2 aromatic heterocycles. The molecular weight excluding hydrogens is 512 g/mol. The van der Waals surface area contributed by atoms with E-state index in [1.165, 1.54) is 31.7 Å². The fourth-order valence-electron chi connectivity index (χ4n) is 9.81. The molecule has 1 spiro atoms. The number of carbonyl (C=O) groups excluding carboxylic acids is 2. The van der Waals surface area contributed by atoms with Gasteiger partial charge < -0.3 is 18.6 Å². The number of hydrogen-bond donors (Lipinski definition) is 0. The smallest absolute Gasteiger partial charge is 0.341 e. The molecule has 0 bridgehead atoms. The van der Waals surface area contributed by atoms with Gasteiger partial charge in [0, 0.05) is 36.7 Å². The quantitative estimate of drug-likeness (QED) is 0.403. The fraction of sp³-hybridized carbons (Fsp3) is 0.645. The second-order valence-electron chi connectivity index (χ2n) is 13.1. The molecular formula is C31H36N2O7. The lowest BCUT2D eigenvalue weighted by molar-refractivity contribution is -0.158. The van der Waals surface area contributed by atoms with Crippen LogP contribution in [0, 0.1) is 28.6 Å². The molecule has 9 heteroatoms. The zero-order chi connectivity index (χ0) is 27.9. The van der Waals surface area contributed by atoms with Gasteiger partial charge in [0.1, 0.15) is 30.2 Å². The molecule has 0 N–H and O–H groups in total. The Bertz CT molecular complexity index is 1380. The summed E-state index contributed by atoms with van der Waals surface area (Å²) in [5.41, 5.74) is 0.419.